The highest BCUT2D eigenvalue weighted by atomic mass is 16.7. The van der Waals surface area contributed by atoms with Gasteiger partial charge in [0.2, 0.25) is 0 Å². The Bertz CT molecular complexity index is 905. The minimum absolute atomic E-state index is 0.0912. The lowest BCUT2D eigenvalue weighted by molar-refractivity contribution is -0.0524. The SMILES string of the molecule is CC1(C)CCC(C)(C)c2cc(C(c3ccc(C(=O)O)cc3)C3OCCO3)ccc21. The highest BCUT2D eigenvalue weighted by Crippen LogP contribution is 2.47. The molecular formula is C25H30O4. The van der Waals surface area contributed by atoms with Gasteiger partial charge in [0.25, 0.3) is 0 Å². The molecule has 1 atom stereocenters. The summed E-state index contributed by atoms with van der Waals surface area (Å²) in [6.45, 7) is 10.5. The van der Waals surface area contributed by atoms with Crippen LogP contribution in [-0.4, -0.2) is 30.6 Å². The lowest BCUT2D eigenvalue weighted by atomic mass is 9.62. The molecule has 0 bridgehead atoms. The molecule has 0 spiro atoms. The van der Waals surface area contributed by atoms with Crippen molar-refractivity contribution < 1.29 is 19.4 Å². The van der Waals surface area contributed by atoms with Crippen molar-refractivity contribution in [2.45, 2.75) is 63.6 Å². The molecule has 1 aliphatic heterocycles. The molecule has 154 valence electrons. The molecule has 1 heterocycles. The van der Waals surface area contributed by atoms with Gasteiger partial charge in [0.15, 0.2) is 6.29 Å². The lowest BCUT2D eigenvalue weighted by Gasteiger charge is -2.42. The molecule has 0 radical (unpaired) electrons. The van der Waals surface area contributed by atoms with E-state index in [2.05, 4.69) is 45.9 Å². The van der Waals surface area contributed by atoms with Crippen LogP contribution in [-0.2, 0) is 20.3 Å². The number of carbonyl (C=O) groups is 1. The monoisotopic (exact) mass is 394 g/mol. The topological polar surface area (TPSA) is 55.8 Å². The molecular weight excluding hydrogens is 364 g/mol. The van der Waals surface area contributed by atoms with Gasteiger partial charge in [-0.25, -0.2) is 4.79 Å². The van der Waals surface area contributed by atoms with Crippen molar-refractivity contribution in [3.63, 3.8) is 0 Å². The Balaban J connectivity index is 1.80. The van der Waals surface area contributed by atoms with E-state index in [1.54, 1.807) is 12.1 Å². The van der Waals surface area contributed by atoms with Gasteiger partial charge in [-0.3, -0.25) is 0 Å². The first-order valence-electron chi connectivity index (χ1n) is 10.4. The van der Waals surface area contributed by atoms with Crippen LogP contribution in [0.3, 0.4) is 0 Å². The summed E-state index contributed by atoms with van der Waals surface area (Å²) < 4.78 is 11.8. The van der Waals surface area contributed by atoms with E-state index in [0.717, 1.165) is 17.5 Å². The molecule has 0 saturated carbocycles. The van der Waals surface area contributed by atoms with Crippen molar-refractivity contribution in [3.8, 4) is 0 Å². The molecule has 0 aromatic heterocycles. The maximum atomic E-state index is 11.3. The number of aromatic carboxylic acids is 1. The van der Waals surface area contributed by atoms with Crippen LogP contribution in [0.4, 0.5) is 0 Å². The first kappa shape index (κ1) is 20.1. The molecule has 4 nitrogen and oxygen atoms in total. The zero-order valence-electron chi connectivity index (χ0n) is 17.7. The summed E-state index contributed by atoms with van der Waals surface area (Å²) in [5, 5.41) is 9.23. The number of fused-ring (bicyclic) bond motifs is 1. The van der Waals surface area contributed by atoms with Gasteiger partial charge in [-0.1, -0.05) is 58.0 Å². The normalized spacial score (nSPS) is 21.5. The minimum Gasteiger partial charge on any atom is -0.478 e. The highest BCUT2D eigenvalue weighted by molar-refractivity contribution is 5.87. The third-order valence-corrected chi connectivity index (χ3v) is 6.67. The maximum absolute atomic E-state index is 11.3. The Morgan fingerprint density at radius 3 is 2.03 bits per heavy atom. The highest BCUT2D eigenvalue weighted by Gasteiger charge is 2.38. The third kappa shape index (κ3) is 3.72. The van der Waals surface area contributed by atoms with Crippen LogP contribution in [0.2, 0.25) is 0 Å². The van der Waals surface area contributed by atoms with Crippen molar-refractivity contribution in [1.29, 1.82) is 0 Å². The predicted octanol–water partition coefficient (Wildman–Crippen LogP) is 5.24. The number of ether oxygens (including phenoxy) is 2. The molecule has 2 aromatic carbocycles. The average Bonchev–Trinajstić information content (AvgIpc) is 3.20. The fourth-order valence-corrected chi connectivity index (χ4v) is 4.71. The van der Waals surface area contributed by atoms with E-state index in [4.69, 9.17) is 9.47 Å². The summed E-state index contributed by atoms with van der Waals surface area (Å²) in [7, 11) is 0. The fourth-order valence-electron chi connectivity index (χ4n) is 4.71. The van der Waals surface area contributed by atoms with Gasteiger partial charge >= 0.3 is 5.97 Å². The Labute approximate surface area is 172 Å². The smallest absolute Gasteiger partial charge is 0.335 e. The molecule has 1 saturated heterocycles. The van der Waals surface area contributed by atoms with Crippen LogP contribution < -0.4 is 0 Å². The van der Waals surface area contributed by atoms with Crippen molar-refractivity contribution >= 4 is 5.97 Å². The van der Waals surface area contributed by atoms with Gasteiger partial charge in [0.1, 0.15) is 0 Å². The maximum Gasteiger partial charge on any atom is 0.335 e. The van der Waals surface area contributed by atoms with Gasteiger partial charge in [-0.15, -0.1) is 0 Å². The van der Waals surface area contributed by atoms with E-state index in [1.165, 1.54) is 17.5 Å². The number of carboxylic acids is 1. The van der Waals surface area contributed by atoms with Crippen LogP contribution in [0.15, 0.2) is 42.5 Å². The van der Waals surface area contributed by atoms with Crippen molar-refractivity contribution in [2.24, 2.45) is 0 Å². The number of hydrogen-bond acceptors (Lipinski definition) is 3. The van der Waals surface area contributed by atoms with Crippen molar-refractivity contribution in [1.82, 2.24) is 0 Å². The van der Waals surface area contributed by atoms with Gasteiger partial charge in [-0.05, 0) is 58.1 Å². The Morgan fingerprint density at radius 2 is 1.45 bits per heavy atom. The molecule has 29 heavy (non-hydrogen) atoms. The zero-order valence-corrected chi connectivity index (χ0v) is 17.7. The lowest BCUT2D eigenvalue weighted by Crippen LogP contribution is -2.34. The summed E-state index contributed by atoms with van der Waals surface area (Å²) >= 11 is 0. The molecule has 1 unspecified atom stereocenters. The molecule has 2 aliphatic rings. The number of hydrogen-bond donors (Lipinski definition) is 1. The number of benzene rings is 2. The van der Waals surface area contributed by atoms with Crippen LogP contribution in [0.25, 0.3) is 0 Å². The first-order valence-corrected chi connectivity index (χ1v) is 10.4. The van der Waals surface area contributed by atoms with E-state index in [9.17, 15) is 9.90 Å². The van der Waals surface area contributed by atoms with E-state index in [0.29, 0.717) is 13.2 Å². The Morgan fingerprint density at radius 1 is 0.897 bits per heavy atom. The Hall–Kier alpha value is -2.17. The minimum atomic E-state index is -0.917. The van der Waals surface area contributed by atoms with Crippen LogP contribution >= 0.6 is 0 Å². The predicted molar refractivity (Wildman–Crippen MR) is 113 cm³/mol. The molecule has 4 heteroatoms. The number of rotatable bonds is 4. The van der Waals surface area contributed by atoms with Crippen LogP contribution in [0.1, 0.15) is 79.1 Å². The van der Waals surface area contributed by atoms with E-state index in [-0.39, 0.29) is 28.6 Å². The zero-order chi connectivity index (χ0) is 20.8. The molecule has 2 aromatic rings. The van der Waals surface area contributed by atoms with Gasteiger partial charge in [0.05, 0.1) is 24.7 Å². The molecule has 1 fully saturated rings. The molecule has 1 N–H and O–H groups in total. The van der Waals surface area contributed by atoms with Crippen molar-refractivity contribution in [2.75, 3.05) is 13.2 Å². The second kappa shape index (κ2) is 7.26. The Kier molecular flexibility index (Phi) is 5.04. The van der Waals surface area contributed by atoms with Crippen molar-refractivity contribution in [3.05, 3.63) is 70.3 Å². The molecule has 0 amide bonds. The summed E-state index contributed by atoms with van der Waals surface area (Å²) in [4.78, 5) is 11.3. The van der Waals surface area contributed by atoms with Crippen LogP contribution in [0.5, 0.6) is 0 Å². The fraction of sp³-hybridized carbons (Fsp3) is 0.480. The summed E-state index contributed by atoms with van der Waals surface area (Å²) in [6, 6.07) is 13.9. The van der Waals surface area contributed by atoms with E-state index < -0.39 is 5.97 Å². The molecule has 4 rings (SSSR count). The van der Waals surface area contributed by atoms with Gasteiger partial charge in [-0.2, -0.15) is 0 Å². The second-order valence-electron chi connectivity index (χ2n) is 9.59. The standard InChI is InChI=1S/C25H30O4/c1-24(2)11-12-25(3,4)20-15-18(9-10-19(20)24)21(23-28-13-14-29-23)16-5-7-17(8-6-16)22(26)27/h5-10,15,21,23H,11-14H2,1-4H3,(H,26,27). The van der Waals surface area contributed by atoms with E-state index in [1.807, 2.05) is 12.1 Å². The van der Waals surface area contributed by atoms with Crippen LogP contribution in [0, 0.1) is 0 Å². The number of carboxylic acid groups (broad SMARTS) is 1. The average molecular weight is 395 g/mol. The van der Waals surface area contributed by atoms with Gasteiger partial charge < -0.3 is 14.6 Å². The summed E-state index contributed by atoms with van der Waals surface area (Å²) in [5.41, 5.74) is 5.56. The third-order valence-electron chi connectivity index (χ3n) is 6.67. The summed E-state index contributed by atoms with van der Waals surface area (Å²) in [6.07, 6.45) is 1.98. The second-order valence-corrected chi connectivity index (χ2v) is 9.59. The summed E-state index contributed by atoms with van der Waals surface area (Å²) in [5.74, 6) is -1.01. The largest absolute Gasteiger partial charge is 0.478 e. The van der Waals surface area contributed by atoms with Gasteiger partial charge in [0, 0.05) is 0 Å². The van der Waals surface area contributed by atoms with E-state index >= 15 is 0 Å². The first-order chi connectivity index (χ1) is 13.7. The quantitative estimate of drug-likeness (QED) is 0.771. The molecule has 1 aliphatic carbocycles.